The molecule has 0 unspecified atom stereocenters. The quantitative estimate of drug-likeness (QED) is 0.741. The summed E-state index contributed by atoms with van der Waals surface area (Å²) in [4.78, 5) is 15.0. The van der Waals surface area contributed by atoms with Gasteiger partial charge in [0.2, 0.25) is 5.91 Å². The Bertz CT molecular complexity index is 892. The van der Waals surface area contributed by atoms with Crippen LogP contribution in [0, 0.1) is 11.7 Å². The van der Waals surface area contributed by atoms with Gasteiger partial charge in [0, 0.05) is 23.0 Å². The van der Waals surface area contributed by atoms with E-state index < -0.39 is 0 Å². The smallest absolute Gasteiger partial charge is 0.223 e. The van der Waals surface area contributed by atoms with Crippen molar-refractivity contribution in [1.29, 1.82) is 0 Å². The number of hydrogen-bond donors (Lipinski definition) is 1. The van der Waals surface area contributed by atoms with Gasteiger partial charge in [-0.25, -0.2) is 4.39 Å². The molecule has 2 aliphatic rings. The highest BCUT2D eigenvalue weighted by Crippen LogP contribution is 2.26. The summed E-state index contributed by atoms with van der Waals surface area (Å²) in [6.45, 7) is 4.22. The van der Waals surface area contributed by atoms with Crippen molar-refractivity contribution in [1.82, 2.24) is 10.2 Å². The van der Waals surface area contributed by atoms with E-state index in [0.717, 1.165) is 32.4 Å². The number of nitrogens with zero attached hydrogens (tertiary/aromatic N) is 1. The van der Waals surface area contributed by atoms with Crippen LogP contribution >= 0.6 is 11.6 Å². The Labute approximate surface area is 177 Å². The maximum absolute atomic E-state index is 14.0. The Hall–Kier alpha value is -1.91. The van der Waals surface area contributed by atoms with Crippen LogP contribution in [-0.4, -0.2) is 23.9 Å². The van der Waals surface area contributed by atoms with E-state index in [2.05, 4.69) is 35.3 Å². The molecule has 0 radical (unpaired) electrons. The Morgan fingerprint density at radius 3 is 2.69 bits per heavy atom. The SMILES string of the molecule is C[C@H](NC(=O)C1CCN(Cc2ccc(Cl)cc2F)CC1)c1ccc2c(c1)CCC2. The normalized spacial score (nSPS) is 18.4. The highest BCUT2D eigenvalue weighted by Gasteiger charge is 2.26. The molecule has 1 heterocycles. The second-order valence-electron chi connectivity index (χ2n) is 8.40. The van der Waals surface area contributed by atoms with E-state index >= 15 is 0 Å². The third kappa shape index (κ3) is 4.81. The van der Waals surface area contributed by atoms with Gasteiger partial charge in [-0.05, 0) is 80.9 Å². The van der Waals surface area contributed by atoms with Crippen LogP contribution in [0.2, 0.25) is 5.02 Å². The number of amides is 1. The number of nitrogens with one attached hydrogen (secondary N) is 1. The molecule has 1 aliphatic carbocycles. The maximum atomic E-state index is 14.0. The lowest BCUT2D eigenvalue weighted by atomic mass is 9.94. The molecule has 3 nitrogen and oxygen atoms in total. The molecule has 1 amide bonds. The molecule has 2 aromatic rings. The molecule has 0 saturated carbocycles. The highest BCUT2D eigenvalue weighted by atomic mass is 35.5. The molecule has 1 saturated heterocycles. The van der Waals surface area contributed by atoms with E-state index in [9.17, 15) is 9.18 Å². The van der Waals surface area contributed by atoms with E-state index in [1.165, 1.54) is 35.6 Å². The van der Waals surface area contributed by atoms with Crippen molar-refractivity contribution in [2.75, 3.05) is 13.1 Å². The molecule has 1 N–H and O–H groups in total. The first-order valence-electron chi connectivity index (χ1n) is 10.6. The van der Waals surface area contributed by atoms with Crippen LogP contribution < -0.4 is 5.32 Å². The van der Waals surface area contributed by atoms with Gasteiger partial charge in [-0.3, -0.25) is 9.69 Å². The van der Waals surface area contributed by atoms with Crippen molar-refractivity contribution in [3.8, 4) is 0 Å². The summed E-state index contributed by atoms with van der Waals surface area (Å²) in [5.41, 5.74) is 4.74. The van der Waals surface area contributed by atoms with E-state index in [-0.39, 0.29) is 23.7 Å². The third-order valence-corrected chi connectivity index (χ3v) is 6.58. The molecule has 1 aliphatic heterocycles. The Morgan fingerprint density at radius 2 is 1.93 bits per heavy atom. The summed E-state index contributed by atoms with van der Waals surface area (Å²) < 4.78 is 14.0. The molecule has 0 bridgehead atoms. The van der Waals surface area contributed by atoms with Gasteiger partial charge >= 0.3 is 0 Å². The zero-order valence-corrected chi connectivity index (χ0v) is 17.6. The largest absolute Gasteiger partial charge is 0.349 e. The second kappa shape index (κ2) is 8.85. The van der Waals surface area contributed by atoms with Crippen molar-refractivity contribution >= 4 is 17.5 Å². The van der Waals surface area contributed by atoms with Crippen LogP contribution in [0.1, 0.15) is 54.5 Å². The number of carbonyl (C=O) groups is 1. The molecule has 5 heteroatoms. The van der Waals surface area contributed by atoms with E-state index in [0.29, 0.717) is 17.1 Å². The first kappa shape index (κ1) is 20.4. The standard InChI is InChI=1S/C24H28ClFN2O/c1-16(19-6-5-17-3-2-4-20(17)13-19)27-24(29)18-9-11-28(12-10-18)15-21-7-8-22(25)14-23(21)26/h5-8,13-14,16,18H,2-4,9-12,15H2,1H3,(H,27,29)/t16-/m0/s1. The molecule has 1 atom stereocenters. The minimum absolute atomic E-state index is 0.0228. The second-order valence-corrected chi connectivity index (χ2v) is 8.83. The van der Waals surface area contributed by atoms with Gasteiger partial charge in [-0.1, -0.05) is 35.9 Å². The first-order valence-corrected chi connectivity index (χ1v) is 11.0. The minimum atomic E-state index is -0.263. The fourth-order valence-electron chi connectivity index (χ4n) is 4.52. The molecular formula is C24H28ClFN2O. The summed E-state index contributed by atoms with van der Waals surface area (Å²) >= 11 is 5.83. The molecule has 4 rings (SSSR count). The van der Waals surface area contributed by atoms with Crippen molar-refractivity contribution in [2.45, 2.75) is 51.6 Å². The summed E-state index contributed by atoms with van der Waals surface area (Å²) in [7, 11) is 0. The van der Waals surface area contributed by atoms with Crippen molar-refractivity contribution < 1.29 is 9.18 Å². The topological polar surface area (TPSA) is 32.3 Å². The number of rotatable bonds is 5. The maximum Gasteiger partial charge on any atom is 0.223 e. The third-order valence-electron chi connectivity index (χ3n) is 6.35. The summed E-state index contributed by atoms with van der Waals surface area (Å²) in [5, 5.41) is 3.62. The number of likely N-dealkylation sites (tertiary alicyclic amines) is 1. The minimum Gasteiger partial charge on any atom is -0.349 e. The zero-order valence-electron chi connectivity index (χ0n) is 16.9. The number of halogens is 2. The predicted octanol–water partition coefficient (Wildman–Crippen LogP) is 5.06. The lowest BCUT2D eigenvalue weighted by Gasteiger charge is -2.32. The monoisotopic (exact) mass is 414 g/mol. The van der Waals surface area contributed by atoms with Gasteiger partial charge in [0.05, 0.1) is 6.04 Å². The number of benzene rings is 2. The number of piperidine rings is 1. The molecule has 0 aromatic heterocycles. The summed E-state index contributed by atoms with van der Waals surface area (Å²) in [5.74, 6) is -0.103. The van der Waals surface area contributed by atoms with Crippen LogP contribution in [0.4, 0.5) is 4.39 Å². The highest BCUT2D eigenvalue weighted by molar-refractivity contribution is 6.30. The van der Waals surface area contributed by atoms with E-state index in [1.54, 1.807) is 12.1 Å². The zero-order chi connectivity index (χ0) is 20.4. The molecule has 1 fully saturated rings. The molecule has 2 aromatic carbocycles. The van der Waals surface area contributed by atoms with Crippen LogP contribution in [0.3, 0.4) is 0 Å². The van der Waals surface area contributed by atoms with Gasteiger partial charge < -0.3 is 5.32 Å². The van der Waals surface area contributed by atoms with Gasteiger partial charge in [0.1, 0.15) is 5.82 Å². The summed E-state index contributed by atoms with van der Waals surface area (Å²) in [6.07, 6.45) is 5.17. The lowest BCUT2D eigenvalue weighted by Crippen LogP contribution is -2.41. The number of fused-ring (bicyclic) bond motifs is 1. The summed E-state index contributed by atoms with van der Waals surface area (Å²) in [6, 6.07) is 11.5. The Morgan fingerprint density at radius 1 is 1.17 bits per heavy atom. The predicted molar refractivity (Wildman–Crippen MR) is 114 cm³/mol. The lowest BCUT2D eigenvalue weighted by molar-refractivity contribution is -0.127. The van der Waals surface area contributed by atoms with Crippen molar-refractivity contribution in [3.63, 3.8) is 0 Å². The average Bonchev–Trinajstić information content (AvgIpc) is 3.18. The van der Waals surface area contributed by atoms with E-state index in [4.69, 9.17) is 11.6 Å². The van der Waals surface area contributed by atoms with Crippen molar-refractivity contribution in [2.24, 2.45) is 5.92 Å². The van der Waals surface area contributed by atoms with Gasteiger partial charge in [-0.15, -0.1) is 0 Å². The van der Waals surface area contributed by atoms with Crippen molar-refractivity contribution in [3.05, 3.63) is 69.5 Å². The van der Waals surface area contributed by atoms with Crippen LogP contribution in [0.25, 0.3) is 0 Å². The number of aryl methyl sites for hydroxylation is 2. The van der Waals surface area contributed by atoms with Gasteiger partial charge in [-0.2, -0.15) is 0 Å². The molecule has 154 valence electrons. The Balaban J connectivity index is 1.28. The van der Waals surface area contributed by atoms with Crippen LogP contribution in [-0.2, 0) is 24.2 Å². The fraction of sp³-hybridized carbons (Fsp3) is 0.458. The van der Waals surface area contributed by atoms with Gasteiger partial charge in [0.15, 0.2) is 0 Å². The number of hydrogen-bond acceptors (Lipinski definition) is 2. The molecular weight excluding hydrogens is 387 g/mol. The van der Waals surface area contributed by atoms with Gasteiger partial charge in [0.25, 0.3) is 0 Å². The first-order chi connectivity index (χ1) is 14.0. The van der Waals surface area contributed by atoms with E-state index in [1.807, 2.05) is 0 Å². The average molecular weight is 415 g/mol. The molecule has 29 heavy (non-hydrogen) atoms. The number of carbonyl (C=O) groups excluding carboxylic acids is 1. The Kier molecular flexibility index (Phi) is 6.21. The van der Waals surface area contributed by atoms with Crippen LogP contribution in [0.15, 0.2) is 36.4 Å². The fourth-order valence-corrected chi connectivity index (χ4v) is 4.68. The van der Waals surface area contributed by atoms with Crippen LogP contribution in [0.5, 0.6) is 0 Å². The molecule has 0 spiro atoms.